The molecule has 0 amide bonds. The number of halogens is 2. The number of alkyl halides is 1. The molecule has 6 heteroatoms. The fourth-order valence-corrected chi connectivity index (χ4v) is 2.74. The van der Waals surface area contributed by atoms with Gasteiger partial charge in [0.15, 0.2) is 6.10 Å². The smallest absolute Gasteiger partial charge is 0.336 e. The molecule has 0 heterocycles. The normalized spacial score (nSPS) is 12.5. The van der Waals surface area contributed by atoms with Crippen LogP contribution in [0.3, 0.4) is 0 Å². The van der Waals surface area contributed by atoms with Crippen molar-refractivity contribution < 1.29 is 14.3 Å². The van der Waals surface area contributed by atoms with Gasteiger partial charge in [-0.05, 0) is 42.2 Å². The summed E-state index contributed by atoms with van der Waals surface area (Å²) in [4.78, 5) is 11.8. The van der Waals surface area contributed by atoms with Crippen molar-refractivity contribution in [2.24, 2.45) is 5.73 Å². The van der Waals surface area contributed by atoms with Crippen LogP contribution < -0.4 is 5.73 Å². The molecule has 2 rings (SSSR count). The van der Waals surface area contributed by atoms with Crippen LogP contribution in [0.5, 0.6) is 0 Å². The minimum atomic E-state index is -0.766. The van der Waals surface area contributed by atoms with E-state index in [0.717, 1.165) is 16.7 Å². The Morgan fingerprint density at radius 3 is 2.31 bits per heavy atom. The van der Waals surface area contributed by atoms with E-state index >= 15 is 0 Å². The van der Waals surface area contributed by atoms with Gasteiger partial charge in [0, 0.05) is 24.6 Å². The van der Waals surface area contributed by atoms with E-state index < -0.39 is 18.1 Å². The molecular weight excluding hydrogens is 373 g/mol. The molecule has 0 spiro atoms. The molecule has 0 radical (unpaired) electrons. The lowest BCUT2D eigenvalue weighted by atomic mass is 9.99. The molecule has 0 fully saturated rings. The van der Waals surface area contributed by atoms with Crippen LogP contribution in [0.2, 0.25) is 5.02 Å². The molecule has 26 heavy (non-hydrogen) atoms. The monoisotopic (exact) mass is 397 g/mol. The lowest BCUT2D eigenvalue weighted by Gasteiger charge is -2.21. The van der Waals surface area contributed by atoms with Gasteiger partial charge in [-0.2, -0.15) is 0 Å². The van der Waals surface area contributed by atoms with Gasteiger partial charge in [0.25, 0.3) is 0 Å². The third kappa shape index (κ3) is 6.61. The van der Waals surface area contributed by atoms with Gasteiger partial charge in [-0.1, -0.05) is 48.0 Å². The maximum Gasteiger partial charge on any atom is 0.336 e. The van der Waals surface area contributed by atoms with Crippen molar-refractivity contribution in [3.8, 4) is 11.1 Å². The van der Waals surface area contributed by atoms with Crippen LogP contribution in [-0.4, -0.2) is 38.2 Å². The first-order valence-corrected chi connectivity index (χ1v) is 9.36. The Kier molecular flexibility index (Phi) is 10.3. The summed E-state index contributed by atoms with van der Waals surface area (Å²) in [5.74, 6) is -0.428. The van der Waals surface area contributed by atoms with Gasteiger partial charge < -0.3 is 15.2 Å². The predicted octanol–water partition coefficient (Wildman–Crippen LogP) is 4.31. The lowest BCUT2D eigenvalue weighted by Crippen LogP contribution is -2.44. The van der Waals surface area contributed by atoms with Crippen LogP contribution in [0, 0.1) is 0 Å². The lowest BCUT2D eigenvalue weighted by molar-refractivity contribution is -0.156. The second-order valence-corrected chi connectivity index (χ2v) is 5.92. The van der Waals surface area contributed by atoms with E-state index in [9.17, 15) is 4.79 Å². The van der Waals surface area contributed by atoms with Crippen LogP contribution in [0.15, 0.2) is 48.5 Å². The molecule has 0 saturated carbocycles. The highest BCUT2D eigenvalue weighted by atomic mass is 35.5. The van der Waals surface area contributed by atoms with Gasteiger partial charge in [0.05, 0.1) is 6.61 Å². The summed E-state index contributed by atoms with van der Waals surface area (Å²) in [5, 5.41) is 0.705. The van der Waals surface area contributed by atoms with Gasteiger partial charge >= 0.3 is 5.97 Å². The Morgan fingerprint density at radius 1 is 1.12 bits per heavy atom. The van der Waals surface area contributed by atoms with Crippen molar-refractivity contribution in [3.05, 3.63) is 59.1 Å². The van der Waals surface area contributed by atoms with Crippen molar-refractivity contribution in [2.75, 3.05) is 20.1 Å². The molecule has 4 nitrogen and oxygen atoms in total. The van der Waals surface area contributed by atoms with E-state index in [4.69, 9.17) is 26.8 Å². The van der Waals surface area contributed by atoms with Gasteiger partial charge in [0.2, 0.25) is 0 Å². The van der Waals surface area contributed by atoms with E-state index in [1.807, 2.05) is 48.5 Å². The first-order valence-electron chi connectivity index (χ1n) is 8.22. The second kappa shape index (κ2) is 11.9. The minimum Gasteiger partial charge on any atom is -0.464 e. The highest BCUT2D eigenvalue weighted by Crippen LogP contribution is 2.23. The summed E-state index contributed by atoms with van der Waals surface area (Å²) in [7, 11) is 1.46. The number of carbonyl (C=O) groups excluding carboxylic acids is 1. The molecule has 2 atom stereocenters. The van der Waals surface area contributed by atoms with Crippen molar-refractivity contribution in [1.29, 1.82) is 0 Å². The molecule has 2 aromatic carbocycles. The van der Waals surface area contributed by atoms with E-state index in [0.29, 0.717) is 18.1 Å². The summed E-state index contributed by atoms with van der Waals surface area (Å²) < 4.78 is 10.2. The predicted molar refractivity (Wildman–Crippen MR) is 108 cm³/mol. The number of esters is 1. The maximum absolute atomic E-state index is 11.8. The quantitative estimate of drug-likeness (QED) is 0.558. The van der Waals surface area contributed by atoms with Crippen molar-refractivity contribution >= 4 is 29.2 Å². The Hall–Kier alpha value is -1.59. The Bertz CT molecular complexity index is 677. The SMILES string of the molecule is CCOC(=O)[C@@H](OC)[C@H](N)Cc1ccc(-c2cccc(Cl)c2)cc1.CCl. The molecule has 0 aliphatic carbocycles. The van der Waals surface area contributed by atoms with E-state index in [-0.39, 0.29) is 0 Å². The standard InChI is InChI=1S/C19H22ClNO3.CH3Cl/c1-3-24-19(22)18(23-2)17(21)11-13-7-9-14(10-8-13)15-5-4-6-16(20)12-15;1-2/h4-10,12,17-18H,3,11,21H2,1-2H3;1H3/t17-,18+;/m1./s1. The zero-order valence-corrected chi connectivity index (χ0v) is 16.8. The molecule has 2 N–H and O–H groups in total. The first-order chi connectivity index (χ1) is 12.5. The molecule has 142 valence electrons. The van der Waals surface area contributed by atoms with Crippen LogP contribution in [-0.2, 0) is 20.7 Å². The maximum atomic E-state index is 11.8. The van der Waals surface area contributed by atoms with Crippen molar-refractivity contribution in [2.45, 2.75) is 25.5 Å². The fourth-order valence-electron chi connectivity index (χ4n) is 2.55. The second-order valence-electron chi connectivity index (χ2n) is 5.48. The number of rotatable bonds is 7. The minimum absolute atomic E-state index is 0.305. The molecule has 0 saturated heterocycles. The van der Waals surface area contributed by atoms with Crippen LogP contribution >= 0.6 is 23.2 Å². The zero-order chi connectivity index (χ0) is 19.5. The van der Waals surface area contributed by atoms with Gasteiger partial charge in [-0.3, -0.25) is 0 Å². The summed E-state index contributed by atoms with van der Waals surface area (Å²) in [5.41, 5.74) is 9.27. The Labute approximate surface area is 165 Å². The molecule has 0 unspecified atom stereocenters. The van der Waals surface area contributed by atoms with Gasteiger partial charge in [0.1, 0.15) is 0 Å². The number of nitrogens with two attached hydrogens (primary N) is 1. The first kappa shape index (κ1) is 22.5. The number of hydrogen-bond donors (Lipinski definition) is 1. The number of methoxy groups -OCH3 is 1. The number of carbonyl (C=O) groups is 1. The molecule has 0 aliphatic rings. The number of ether oxygens (including phenoxy) is 2. The summed E-state index contributed by atoms with van der Waals surface area (Å²) in [6.07, 6.45) is 1.23. The third-order valence-corrected chi connectivity index (χ3v) is 3.98. The zero-order valence-electron chi connectivity index (χ0n) is 15.2. The Balaban J connectivity index is 0.00000163. The van der Waals surface area contributed by atoms with Crippen LogP contribution in [0.25, 0.3) is 11.1 Å². The Morgan fingerprint density at radius 2 is 1.77 bits per heavy atom. The largest absolute Gasteiger partial charge is 0.464 e. The molecule has 0 aromatic heterocycles. The van der Waals surface area contributed by atoms with E-state index in [1.165, 1.54) is 13.5 Å². The topological polar surface area (TPSA) is 61.5 Å². The average Bonchev–Trinajstić information content (AvgIpc) is 2.65. The fraction of sp³-hybridized carbons (Fsp3) is 0.350. The third-order valence-electron chi connectivity index (χ3n) is 3.74. The van der Waals surface area contributed by atoms with Crippen LogP contribution in [0.4, 0.5) is 0 Å². The van der Waals surface area contributed by atoms with Gasteiger partial charge in [-0.15, -0.1) is 11.6 Å². The molecule has 2 aromatic rings. The summed E-state index contributed by atoms with van der Waals surface area (Å²) in [6.45, 7) is 2.06. The van der Waals surface area contributed by atoms with Crippen LogP contribution in [0.1, 0.15) is 12.5 Å². The summed E-state index contributed by atoms with van der Waals surface area (Å²) >= 11 is 10.7. The average molecular weight is 398 g/mol. The van der Waals surface area contributed by atoms with E-state index in [2.05, 4.69) is 11.6 Å². The molecule has 0 bridgehead atoms. The highest BCUT2D eigenvalue weighted by Gasteiger charge is 2.26. The highest BCUT2D eigenvalue weighted by molar-refractivity contribution is 6.30. The number of benzene rings is 2. The van der Waals surface area contributed by atoms with Crippen molar-refractivity contribution in [1.82, 2.24) is 0 Å². The van der Waals surface area contributed by atoms with Gasteiger partial charge in [-0.25, -0.2) is 4.79 Å². The molecular formula is C20H25Cl2NO3. The summed E-state index contributed by atoms with van der Waals surface area (Å²) in [6, 6.07) is 15.2. The van der Waals surface area contributed by atoms with E-state index in [1.54, 1.807) is 6.92 Å². The molecule has 0 aliphatic heterocycles. The van der Waals surface area contributed by atoms with Crippen molar-refractivity contribution in [3.63, 3.8) is 0 Å². The number of hydrogen-bond acceptors (Lipinski definition) is 4.